The Bertz CT molecular complexity index is 57.8. The topological polar surface area (TPSA) is 120 Å². The molecule has 0 aliphatic carbocycles. The molecule has 0 heterocycles. The summed E-state index contributed by atoms with van der Waals surface area (Å²) in [5.74, 6) is 0. The van der Waals surface area contributed by atoms with Gasteiger partial charge in [0.05, 0.1) is 7.82 Å². The number of hydrogen-bond donors (Lipinski definition) is 2. The molecule has 0 unspecified atom stereocenters. The van der Waals surface area contributed by atoms with E-state index in [0.717, 1.165) is 0 Å². The van der Waals surface area contributed by atoms with Gasteiger partial charge in [-0.1, -0.05) is 0 Å². The molecular weight excluding hydrogens is 165 g/mol. The zero-order valence-electron chi connectivity index (χ0n) is 3.47. The molecule has 47 valence electrons. The first-order valence-electron chi connectivity index (χ1n) is 0.748. The van der Waals surface area contributed by atoms with Crippen molar-refractivity contribution in [3.05, 3.63) is 0 Å². The molecule has 0 saturated carbocycles. The Labute approximate surface area is 51.0 Å². The number of phosphoric acid groups is 1. The summed E-state index contributed by atoms with van der Waals surface area (Å²) in [4.78, 5) is 24.3. The first-order valence-corrected chi connectivity index (χ1v) is 2.24. The number of hydrogen-bond acceptors (Lipinski definition) is 3. The normalized spacial score (nSPS) is 8.43. The molecule has 7 heavy (non-hydrogen) atoms. The summed E-state index contributed by atoms with van der Waals surface area (Å²) >= 11 is 0. The number of quaternary nitrogens is 1. The molecule has 0 aromatic heterocycles. The minimum absolute atomic E-state index is 0. The maximum atomic E-state index is 8.66. The molecule has 0 saturated heterocycles. The molecule has 0 rings (SSSR count). The second-order valence-electron chi connectivity index (χ2n) is 0.469. The monoisotopic (exact) mass is 170 g/mol. The molecule has 7 heteroatoms. The van der Waals surface area contributed by atoms with Gasteiger partial charge in [-0.2, -0.15) is 0 Å². The van der Waals surface area contributed by atoms with Gasteiger partial charge in [-0.05, 0) is 0 Å². The second kappa shape index (κ2) is 4.74. The molecular formula is H5FeNO4P. The van der Waals surface area contributed by atoms with Crippen LogP contribution in [-0.4, -0.2) is 4.89 Å². The average molecular weight is 170 g/mol. The van der Waals surface area contributed by atoms with Crippen molar-refractivity contribution in [2.24, 2.45) is 0 Å². The number of rotatable bonds is 0. The van der Waals surface area contributed by atoms with Crippen LogP contribution in [0.4, 0.5) is 0 Å². The van der Waals surface area contributed by atoms with Crippen LogP contribution in [-0.2, 0) is 21.6 Å². The maximum Gasteiger partial charge on any atom is 1.00 e. The molecule has 0 bridgehead atoms. The van der Waals surface area contributed by atoms with Gasteiger partial charge < -0.3 is 25.4 Å². The summed E-state index contributed by atoms with van der Waals surface area (Å²) in [6.45, 7) is 0. The summed E-state index contributed by atoms with van der Waals surface area (Å²) in [6.07, 6.45) is 0. The van der Waals surface area contributed by atoms with E-state index in [1.165, 1.54) is 0 Å². The van der Waals surface area contributed by atoms with Crippen LogP contribution in [0.25, 0.3) is 0 Å². The minimum Gasteiger partial charge on any atom is -0.790 e. The van der Waals surface area contributed by atoms with Crippen LogP contribution in [0.3, 0.4) is 0 Å². The van der Waals surface area contributed by atoms with Gasteiger partial charge in [0.1, 0.15) is 0 Å². The van der Waals surface area contributed by atoms with Crippen molar-refractivity contribution in [1.29, 1.82) is 0 Å². The largest absolute Gasteiger partial charge is 1.00 e. The Morgan fingerprint density at radius 1 is 1.43 bits per heavy atom. The smallest absolute Gasteiger partial charge is 0.790 e. The Morgan fingerprint density at radius 3 is 1.43 bits per heavy atom. The van der Waals surface area contributed by atoms with Crippen molar-refractivity contribution in [2.75, 3.05) is 0 Å². The molecule has 0 aliphatic rings. The van der Waals surface area contributed by atoms with Crippen molar-refractivity contribution in [1.82, 2.24) is 6.15 Å². The Morgan fingerprint density at radius 2 is 1.43 bits per heavy atom. The van der Waals surface area contributed by atoms with Crippen LogP contribution in [0.1, 0.15) is 0 Å². The first-order chi connectivity index (χ1) is 2.00. The Kier molecular flexibility index (Phi) is 10.6. The molecule has 0 aromatic carbocycles. The fourth-order valence-electron chi connectivity index (χ4n) is 0. The van der Waals surface area contributed by atoms with Gasteiger partial charge in [0.2, 0.25) is 0 Å². The van der Waals surface area contributed by atoms with E-state index >= 15 is 0 Å². The summed E-state index contributed by atoms with van der Waals surface area (Å²) in [5.41, 5.74) is 0. The van der Waals surface area contributed by atoms with E-state index in [2.05, 4.69) is 0 Å². The fraction of sp³-hybridized carbons (Fsp3) is 0. The van der Waals surface area contributed by atoms with Crippen molar-refractivity contribution < 1.29 is 36.3 Å². The van der Waals surface area contributed by atoms with Crippen LogP contribution in [0.5, 0.6) is 0 Å². The van der Waals surface area contributed by atoms with Crippen molar-refractivity contribution in [3.63, 3.8) is 0 Å². The van der Waals surface area contributed by atoms with Gasteiger partial charge in [0, 0.05) is 0 Å². The van der Waals surface area contributed by atoms with Gasteiger partial charge in [-0.25, -0.2) is 0 Å². The molecule has 0 amide bonds. The van der Waals surface area contributed by atoms with E-state index in [0.29, 0.717) is 0 Å². The molecule has 0 atom stereocenters. The first kappa shape index (κ1) is 15.6. The van der Waals surface area contributed by atoms with E-state index in [9.17, 15) is 0 Å². The van der Waals surface area contributed by atoms with Crippen LogP contribution >= 0.6 is 7.82 Å². The van der Waals surface area contributed by atoms with Crippen LogP contribution in [0.15, 0.2) is 0 Å². The van der Waals surface area contributed by atoms with Gasteiger partial charge in [-0.3, -0.25) is 0 Å². The van der Waals surface area contributed by atoms with E-state index in [1.54, 1.807) is 0 Å². The standard InChI is InChI=1S/Fe.H3N.H3O4P/c;;1-5(2,3)4/h;1H3;(H3,1,2,3,4)/q+1;;/p-1. The van der Waals surface area contributed by atoms with Crippen LogP contribution < -0.4 is 15.9 Å². The van der Waals surface area contributed by atoms with Gasteiger partial charge in [0.25, 0.3) is 0 Å². The van der Waals surface area contributed by atoms with Gasteiger partial charge >= 0.3 is 17.1 Å². The Hall–Kier alpha value is 0.589. The third-order valence-electron chi connectivity index (χ3n) is 0. The van der Waals surface area contributed by atoms with Crippen LogP contribution in [0.2, 0.25) is 0 Å². The summed E-state index contributed by atoms with van der Waals surface area (Å²) in [7, 11) is -5.14. The molecule has 0 spiro atoms. The van der Waals surface area contributed by atoms with Crippen LogP contribution in [0, 0.1) is 0 Å². The van der Waals surface area contributed by atoms with E-state index in [-0.39, 0.29) is 23.2 Å². The van der Waals surface area contributed by atoms with Crippen molar-refractivity contribution in [3.8, 4) is 0 Å². The minimum atomic E-state index is -5.14. The summed E-state index contributed by atoms with van der Waals surface area (Å²) < 4.78 is 8.66. The molecule has 0 fully saturated rings. The zero-order valence-corrected chi connectivity index (χ0v) is 5.47. The molecule has 5 nitrogen and oxygen atoms in total. The van der Waals surface area contributed by atoms with E-state index in [4.69, 9.17) is 19.2 Å². The predicted molar refractivity (Wildman–Crippen MR) is 15.8 cm³/mol. The van der Waals surface area contributed by atoms with E-state index in [1.807, 2.05) is 0 Å². The fourth-order valence-corrected chi connectivity index (χ4v) is 0. The molecule has 0 aliphatic heterocycles. The molecule has 5 N–H and O–H groups in total. The predicted octanol–water partition coefficient (Wildman–Crippen LogP) is -1.82. The average Bonchev–Trinajstić information content (AvgIpc) is 0.722. The summed E-state index contributed by atoms with van der Waals surface area (Å²) in [5, 5.41) is 0. The van der Waals surface area contributed by atoms with Crippen molar-refractivity contribution >= 4 is 7.82 Å². The quantitative estimate of drug-likeness (QED) is 0.328. The molecule has 1 radical (unpaired) electrons. The van der Waals surface area contributed by atoms with Gasteiger partial charge in [0.15, 0.2) is 0 Å². The third kappa shape index (κ3) is 399. The maximum absolute atomic E-state index is 8.66. The SMILES string of the molecule is O=P([O-])([O-])O.[Fe+].[NH4+]. The summed E-state index contributed by atoms with van der Waals surface area (Å²) in [6, 6.07) is 0. The zero-order chi connectivity index (χ0) is 4.50. The molecule has 0 aromatic rings. The second-order valence-corrected chi connectivity index (χ2v) is 1.41. The Balaban J connectivity index is -0.0000000800. The van der Waals surface area contributed by atoms with Gasteiger partial charge in [-0.15, -0.1) is 0 Å². The van der Waals surface area contributed by atoms with E-state index < -0.39 is 7.82 Å². The van der Waals surface area contributed by atoms with Crippen molar-refractivity contribution in [2.45, 2.75) is 0 Å². The third-order valence-corrected chi connectivity index (χ3v) is 0.